The number of carbonyl (C=O) groups is 2. The maximum atomic E-state index is 12.2. The number of rotatable bonds is 4. The smallest absolute Gasteiger partial charge is 0.422 e. The lowest BCUT2D eigenvalue weighted by Gasteiger charge is -2.32. The number of benzene rings is 1. The number of hydrazine groups is 1. The van der Waals surface area contributed by atoms with E-state index >= 15 is 0 Å². The van der Waals surface area contributed by atoms with Crippen molar-refractivity contribution in [3.05, 3.63) is 35.9 Å². The van der Waals surface area contributed by atoms with Gasteiger partial charge in [0, 0.05) is 19.1 Å². The second-order valence-corrected chi connectivity index (χ2v) is 7.10. The maximum absolute atomic E-state index is 12.2. The molecular formula is C18H27N3O4. The molecule has 1 aromatic rings. The summed E-state index contributed by atoms with van der Waals surface area (Å²) >= 11 is 0. The van der Waals surface area contributed by atoms with Crippen LogP contribution in [-0.4, -0.2) is 41.8 Å². The summed E-state index contributed by atoms with van der Waals surface area (Å²) in [5.74, 6) is 0. The van der Waals surface area contributed by atoms with Crippen LogP contribution in [0.15, 0.2) is 30.3 Å². The van der Waals surface area contributed by atoms with Crippen LogP contribution in [0.1, 0.15) is 39.2 Å². The molecule has 1 saturated heterocycles. The Bertz CT molecular complexity index is 571. The minimum absolute atomic E-state index is 0.0365. The zero-order chi connectivity index (χ0) is 18.3. The van der Waals surface area contributed by atoms with Crippen molar-refractivity contribution in [3.63, 3.8) is 0 Å². The highest BCUT2D eigenvalue weighted by Crippen LogP contribution is 2.12. The number of carbonyl (C=O) groups excluding carboxylic acids is 2. The number of likely N-dealkylation sites (tertiary alicyclic amines) is 1. The molecule has 1 aromatic carbocycles. The van der Waals surface area contributed by atoms with E-state index in [1.165, 1.54) is 0 Å². The van der Waals surface area contributed by atoms with E-state index in [0.29, 0.717) is 13.1 Å². The van der Waals surface area contributed by atoms with Gasteiger partial charge in [-0.15, -0.1) is 0 Å². The van der Waals surface area contributed by atoms with E-state index in [1.54, 1.807) is 25.7 Å². The third kappa shape index (κ3) is 7.01. The summed E-state index contributed by atoms with van der Waals surface area (Å²) in [7, 11) is 0. The first-order valence-electron chi connectivity index (χ1n) is 8.53. The molecule has 7 heteroatoms. The van der Waals surface area contributed by atoms with Crippen LogP contribution >= 0.6 is 0 Å². The number of nitrogens with one attached hydrogen (secondary N) is 2. The van der Waals surface area contributed by atoms with E-state index < -0.39 is 11.7 Å². The molecule has 0 aliphatic carbocycles. The fourth-order valence-electron chi connectivity index (χ4n) is 2.54. The van der Waals surface area contributed by atoms with Crippen molar-refractivity contribution in [3.8, 4) is 0 Å². The summed E-state index contributed by atoms with van der Waals surface area (Å²) in [5.41, 5.74) is 5.87. The SMILES string of the molecule is CC(C)(C)OC(=O)NN[C@H]1CCCN(C(=O)OCc2ccccc2)C1. The van der Waals surface area contributed by atoms with Gasteiger partial charge in [0.1, 0.15) is 12.2 Å². The highest BCUT2D eigenvalue weighted by atomic mass is 16.6. The van der Waals surface area contributed by atoms with Gasteiger partial charge >= 0.3 is 12.2 Å². The normalized spacial score (nSPS) is 17.7. The van der Waals surface area contributed by atoms with E-state index in [2.05, 4.69) is 10.9 Å². The lowest BCUT2D eigenvalue weighted by molar-refractivity contribution is 0.0466. The number of hydrogen-bond donors (Lipinski definition) is 2. The van der Waals surface area contributed by atoms with Gasteiger partial charge in [-0.1, -0.05) is 30.3 Å². The monoisotopic (exact) mass is 349 g/mol. The predicted molar refractivity (Wildman–Crippen MR) is 93.7 cm³/mol. The van der Waals surface area contributed by atoms with Crippen LogP contribution < -0.4 is 10.9 Å². The third-order valence-electron chi connectivity index (χ3n) is 3.66. The van der Waals surface area contributed by atoms with E-state index in [0.717, 1.165) is 18.4 Å². The van der Waals surface area contributed by atoms with Crippen LogP contribution in [0.25, 0.3) is 0 Å². The zero-order valence-corrected chi connectivity index (χ0v) is 15.1. The second kappa shape index (κ2) is 8.71. The van der Waals surface area contributed by atoms with E-state index in [9.17, 15) is 9.59 Å². The van der Waals surface area contributed by atoms with Crippen molar-refractivity contribution in [1.82, 2.24) is 15.8 Å². The highest BCUT2D eigenvalue weighted by molar-refractivity contribution is 5.68. The molecule has 1 fully saturated rings. The van der Waals surface area contributed by atoms with E-state index in [-0.39, 0.29) is 18.7 Å². The van der Waals surface area contributed by atoms with Crippen molar-refractivity contribution in [2.75, 3.05) is 13.1 Å². The number of ether oxygens (including phenoxy) is 2. The Morgan fingerprint density at radius 2 is 1.96 bits per heavy atom. The largest absolute Gasteiger partial charge is 0.445 e. The zero-order valence-electron chi connectivity index (χ0n) is 15.1. The molecule has 1 aliphatic rings. The van der Waals surface area contributed by atoms with Crippen LogP contribution in [0.5, 0.6) is 0 Å². The second-order valence-electron chi connectivity index (χ2n) is 7.10. The molecule has 25 heavy (non-hydrogen) atoms. The first-order valence-corrected chi connectivity index (χ1v) is 8.53. The summed E-state index contributed by atoms with van der Waals surface area (Å²) in [6.07, 6.45) is 0.829. The Morgan fingerprint density at radius 3 is 2.64 bits per heavy atom. The molecule has 1 aliphatic heterocycles. The maximum Gasteiger partial charge on any atom is 0.422 e. The Balaban J connectivity index is 1.74. The molecule has 0 unspecified atom stereocenters. The van der Waals surface area contributed by atoms with Gasteiger partial charge in [0.2, 0.25) is 0 Å². The van der Waals surface area contributed by atoms with E-state index in [1.807, 2.05) is 30.3 Å². The summed E-state index contributed by atoms with van der Waals surface area (Å²) in [5, 5.41) is 0. The minimum Gasteiger partial charge on any atom is -0.445 e. The molecule has 1 atom stereocenters. The van der Waals surface area contributed by atoms with Gasteiger partial charge < -0.3 is 14.4 Å². The lowest BCUT2D eigenvalue weighted by atomic mass is 10.1. The first-order chi connectivity index (χ1) is 11.8. The van der Waals surface area contributed by atoms with Gasteiger partial charge in [0.15, 0.2) is 0 Å². The molecule has 7 nitrogen and oxygen atoms in total. The molecule has 0 aromatic heterocycles. The van der Waals surface area contributed by atoms with Crippen LogP contribution in [0.2, 0.25) is 0 Å². The molecule has 1 heterocycles. The fourth-order valence-corrected chi connectivity index (χ4v) is 2.54. The van der Waals surface area contributed by atoms with Gasteiger partial charge in [-0.3, -0.25) is 5.43 Å². The first kappa shape index (κ1) is 19.1. The van der Waals surface area contributed by atoms with Gasteiger partial charge in [0.05, 0.1) is 0 Å². The lowest BCUT2D eigenvalue weighted by Crippen LogP contribution is -2.54. The molecule has 2 rings (SSSR count). The van der Waals surface area contributed by atoms with Crippen LogP contribution in [0.4, 0.5) is 9.59 Å². The molecule has 0 bridgehead atoms. The fraction of sp³-hybridized carbons (Fsp3) is 0.556. The molecular weight excluding hydrogens is 322 g/mol. The van der Waals surface area contributed by atoms with Crippen LogP contribution in [0, 0.1) is 0 Å². The van der Waals surface area contributed by atoms with Crippen molar-refractivity contribution in [1.29, 1.82) is 0 Å². The van der Waals surface area contributed by atoms with Gasteiger partial charge in [-0.2, -0.15) is 0 Å². The standard InChI is InChI=1S/C18H27N3O4/c1-18(2,3)25-16(22)20-19-15-10-7-11-21(12-15)17(23)24-13-14-8-5-4-6-9-14/h4-6,8-9,15,19H,7,10-13H2,1-3H3,(H,20,22)/t15-/m0/s1. The Kier molecular flexibility index (Phi) is 6.64. The minimum atomic E-state index is -0.550. The topological polar surface area (TPSA) is 79.9 Å². The van der Waals surface area contributed by atoms with Crippen molar-refractivity contribution in [2.45, 2.75) is 51.9 Å². The average Bonchev–Trinajstić information content (AvgIpc) is 2.57. The van der Waals surface area contributed by atoms with Gasteiger partial charge in [-0.25, -0.2) is 15.0 Å². The molecule has 0 spiro atoms. The highest BCUT2D eigenvalue weighted by Gasteiger charge is 2.25. The predicted octanol–water partition coefficient (Wildman–Crippen LogP) is 2.82. The summed E-state index contributed by atoms with van der Waals surface area (Å²) in [6.45, 7) is 6.79. The summed E-state index contributed by atoms with van der Waals surface area (Å²) in [4.78, 5) is 25.5. The molecule has 0 radical (unpaired) electrons. The van der Waals surface area contributed by atoms with E-state index in [4.69, 9.17) is 9.47 Å². The number of hydrogen-bond acceptors (Lipinski definition) is 5. The molecule has 2 N–H and O–H groups in total. The molecule has 2 amide bonds. The molecule has 0 saturated carbocycles. The Hall–Kier alpha value is -2.28. The van der Waals surface area contributed by atoms with Crippen molar-refractivity contribution < 1.29 is 19.1 Å². The summed E-state index contributed by atoms with van der Waals surface area (Å²) < 4.78 is 10.5. The quantitative estimate of drug-likeness (QED) is 0.817. The third-order valence-corrected chi connectivity index (χ3v) is 3.66. The number of nitrogens with zero attached hydrogens (tertiary/aromatic N) is 1. The van der Waals surface area contributed by atoms with Gasteiger partial charge in [0.25, 0.3) is 0 Å². The number of amides is 2. The Labute approximate surface area is 148 Å². The van der Waals surface area contributed by atoms with Gasteiger partial charge in [-0.05, 0) is 39.2 Å². The number of piperidine rings is 1. The summed E-state index contributed by atoms with van der Waals surface area (Å²) in [6, 6.07) is 9.53. The average molecular weight is 349 g/mol. The van der Waals surface area contributed by atoms with Crippen molar-refractivity contribution in [2.24, 2.45) is 0 Å². The molecule has 138 valence electrons. The van der Waals surface area contributed by atoms with Crippen LogP contribution in [0.3, 0.4) is 0 Å². The Morgan fingerprint density at radius 1 is 1.24 bits per heavy atom. The van der Waals surface area contributed by atoms with Crippen LogP contribution in [-0.2, 0) is 16.1 Å². The van der Waals surface area contributed by atoms with Crippen molar-refractivity contribution >= 4 is 12.2 Å².